The molecular formula is C18H21FN2O2. The summed E-state index contributed by atoms with van der Waals surface area (Å²) in [4.78, 5) is 12.1. The van der Waals surface area contributed by atoms with Crippen LogP contribution in [0.4, 0.5) is 10.1 Å². The maximum Gasteiger partial charge on any atom is 0.238 e. The summed E-state index contributed by atoms with van der Waals surface area (Å²) in [5.74, 6) is 0.143. The van der Waals surface area contributed by atoms with Gasteiger partial charge in [-0.1, -0.05) is 18.2 Å². The quantitative estimate of drug-likeness (QED) is 0.858. The van der Waals surface area contributed by atoms with Crippen molar-refractivity contribution in [1.29, 1.82) is 0 Å². The van der Waals surface area contributed by atoms with E-state index < -0.39 is 0 Å². The number of methoxy groups -OCH3 is 1. The van der Waals surface area contributed by atoms with Gasteiger partial charge in [-0.15, -0.1) is 0 Å². The number of anilines is 1. The van der Waals surface area contributed by atoms with Gasteiger partial charge in [-0.25, -0.2) is 4.39 Å². The number of hydrogen-bond donors (Lipinski definition) is 2. The maximum absolute atomic E-state index is 13.2. The first-order valence-electron chi connectivity index (χ1n) is 7.43. The predicted octanol–water partition coefficient (Wildman–Crippen LogP) is 3.43. The van der Waals surface area contributed by atoms with Crippen LogP contribution >= 0.6 is 0 Å². The Morgan fingerprint density at radius 1 is 1.26 bits per heavy atom. The number of rotatable bonds is 6. The Bertz CT molecular complexity index is 688. The van der Waals surface area contributed by atoms with Gasteiger partial charge in [0.1, 0.15) is 11.6 Å². The van der Waals surface area contributed by atoms with Crippen molar-refractivity contribution in [1.82, 2.24) is 5.32 Å². The van der Waals surface area contributed by atoms with Crippen LogP contribution < -0.4 is 15.4 Å². The van der Waals surface area contributed by atoms with Gasteiger partial charge in [0, 0.05) is 6.04 Å². The first-order valence-corrected chi connectivity index (χ1v) is 7.43. The maximum atomic E-state index is 13.2. The molecular weight excluding hydrogens is 295 g/mol. The van der Waals surface area contributed by atoms with Crippen LogP contribution in [0.1, 0.15) is 24.1 Å². The number of carbonyl (C=O) groups is 1. The number of carbonyl (C=O) groups excluding carboxylic acids is 1. The molecule has 122 valence electrons. The molecule has 0 aliphatic rings. The lowest BCUT2D eigenvalue weighted by Gasteiger charge is -2.15. The molecule has 1 amide bonds. The van der Waals surface area contributed by atoms with Gasteiger partial charge in [0.05, 0.1) is 19.3 Å². The minimum atomic E-state index is -0.287. The van der Waals surface area contributed by atoms with Gasteiger partial charge in [-0.3, -0.25) is 4.79 Å². The van der Waals surface area contributed by atoms with Crippen LogP contribution in [0.2, 0.25) is 0 Å². The minimum absolute atomic E-state index is 0.120. The summed E-state index contributed by atoms with van der Waals surface area (Å²) in [7, 11) is 1.56. The van der Waals surface area contributed by atoms with E-state index in [2.05, 4.69) is 10.6 Å². The Kier molecular flexibility index (Phi) is 5.71. The highest BCUT2D eigenvalue weighted by Crippen LogP contribution is 2.25. The summed E-state index contributed by atoms with van der Waals surface area (Å²) in [6, 6.07) is 11.8. The molecule has 0 aromatic heterocycles. The molecule has 0 aliphatic heterocycles. The third kappa shape index (κ3) is 4.79. The summed E-state index contributed by atoms with van der Waals surface area (Å²) in [5.41, 5.74) is 2.46. The first-order chi connectivity index (χ1) is 11.0. The van der Waals surface area contributed by atoms with Crippen LogP contribution in [0.15, 0.2) is 42.5 Å². The molecule has 0 saturated carbocycles. The highest BCUT2D eigenvalue weighted by molar-refractivity contribution is 5.93. The van der Waals surface area contributed by atoms with E-state index >= 15 is 0 Å². The van der Waals surface area contributed by atoms with Gasteiger partial charge in [0.15, 0.2) is 0 Å². The van der Waals surface area contributed by atoms with E-state index in [4.69, 9.17) is 4.74 Å². The Hall–Kier alpha value is -2.40. The molecule has 2 rings (SSSR count). The van der Waals surface area contributed by atoms with Gasteiger partial charge in [-0.05, 0) is 49.2 Å². The molecule has 2 aromatic rings. The minimum Gasteiger partial charge on any atom is -0.495 e. The van der Waals surface area contributed by atoms with Crippen molar-refractivity contribution in [2.45, 2.75) is 19.9 Å². The van der Waals surface area contributed by atoms with Crippen LogP contribution in [0.3, 0.4) is 0 Å². The molecule has 1 unspecified atom stereocenters. The summed E-state index contributed by atoms with van der Waals surface area (Å²) < 4.78 is 18.4. The zero-order valence-corrected chi connectivity index (χ0v) is 13.5. The molecule has 0 radical (unpaired) electrons. The average molecular weight is 316 g/mol. The van der Waals surface area contributed by atoms with E-state index in [-0.39, 0.29) is 24.3 Å². The highest BCUT2D eigenvalue weighted by atomic mass is 19.1. The number of hydrogen-bond acceptors (Lipinski definition) is 3. The van der Waals surface area contributed by atoms with Crippen molar-refractivity contribution in [3.05, 3.63) is 59.4 Å². The highest BCUT2D eigenvalue weighted by Gasteiger charge is 2.11. The average Bonchev–Trinajstić information content (AvgIpc) is 2.53. The predicted molar refractivity (Wildman–Crippen MR) is 89.2 cm³/mol. The second-order valence-electron chi connectivity index (χ2n) is 5.41. The Morgan fingerprint density at radius 2 is 2.04 bits per heavy atom. The van der Waals surface area contributed by atoms with Crippen molar-refractivity contribution in [2.75, 3.05) is 19.0 Å². The standard InChI is InChI=1S/C18H21FN2O2/c1-12-7-8-17(23-3)16(9-12)21-18(22)11-20-13(2)14-5-4-6-15(19)10-14/h4-10,13,20H,11H2,1-3H3,(H,21,22). The fourth-order valence-electron chi connectivity index (χ4n) is 2.25. The van der Waals surface area contributed by atoms with Gasteiger partial charge < -0.3 is 15.4 Å². The van der Waals surface area contributed by atoms with E-state index in [1.807, 2.05) is 38.1 Å². The molecule has 0 heterocycles. The smallest absolute Gasteiger partial charge is 0.238 e. The molecule has 23 heavy (non-hydrogen) atoms. The van der Waals surface area contributed by atoms with E-state index in [1.165, 1.54) is 12.1 Å². The first kappa shape index (κ1) is 17.0. The normalized spacial score (nSPS) is 11.8. The van der Waals surface area contributed by atoms with Crippen LogP contribution in [0, 0.1) is 12.7 Å². The number of halogens is 1. The Labute approximate surface area is 135 Å². The summed E-state index contributed by atoms with van der Waals surface area (Å²) in [6.45, 7) is 3.95. The molecule has 0 spiro atoms. The summed E-state index contributed by atoms with van der Waals surface area (Å²) >= 11 is 0. The Morgan fingerprint density at radius 3 is 2.74 bits per heavy atom. The second-order valence-corrected chi connectivity index (χ2v) is 5.41. The molecule has 5 heteroatoms. The molecule has 4 nitrogen and oxygen atoms in total. The monoisotopic (exact) mass is 316 g/mol. The number of nitrogens with one attached hydrogen (secondary N) is 2. The number of benzene rings is 2. The van der Waals surface area contributed by atoms with Gasteiger partial charge in [0.25, 0.3) is 0 Å². The number of amides is 1. The lowest BCUT2D eigenvalue weighted by molar-refractivity contribution is -0.115. The largest absolute Gasteiger partial charge is 0.495 e. The lowest BCUT2D eigenvalue weighted by atomic mass is 10.1. The van der Waals surface area contributed by atoms with Crippen LogP contribution in [-0.2, 0) is 4.79 Å². The van der Waals surface area contributed by atoms with Crippen molar-refractivity contribution in [3.63, 3.8) is 0 Å². The van der Waals surface area contributed by atoms with E-state index in [1.54, 1.807) is 13.2 Å². The van der Waals surface area contributed by atoms with E-state index in [9.17, 15) is 9.18 Å². The summed E-state index contributed by atoms with van der Waals surface area (Å²) in [5, 5.41) is 5.90. The van der Waals surface area contributed by atoms with Gasteiger partial charge in [-0.2, -0.15) is 0 Å². The third-order valence-corrected chi connectivity index (χ3v) is 3.55. The van der Waals surface area contributed by atoms with Crippen LogP contribution in [0.5, 0.6) is 5.75 Å². The van der Waals surface area contributed by atoms with Crippen molar-refractivity contribution in [2.24, 2.45) is 0 Å². The molecule has 2 N–H and O–H groups in total. The molecule has 2 aromatic carbocycles. The number of ether oxygens (including phenoxy) is 1. The fraction of sp³-hybridized carbons (Fsp3) is 0.278. The second kappa shape index (κ2) is 7.74. The molecule has 0 saturated heterocycles. The van der Waals surface area contributed by atoms with E-state index in [0.29, 0.717) is 11.4 Å². The third-order valence-electron chi connectivity index (χ3n) is 3.55. The van der Waals surface area contributed by atoms with Gasteiger partial charge >= 0.3 is 0 Å². The topological polar surface area (TPSA) is 50.4 Å². The van der Waals surface area contributed by atoms with Crippen LogP contribution in [0.25, 0.3) is 0 Å². The van der Waals surface area contributed by atoms with E-state index in [0.717, 1.165) is 11.1 Å². The molecule has 1 atom stereocenters. The summed E-state index contributed by atoms with van der Waals surface area (Å²) in [6.07, 6.45) is 0. The zero-order chi connectivity index (χ0) is 16.8. The van der Waals surface area contributed by atoms with Crippen molar-refractivity contribution < 1.29 is 13.9 Å². The lowest BCUT2D eigenvalue weighted by Crippen LogP contribution is -2.30. The van der Waals surface area contributed by atoms with Crippen molar-refractivity contribution in [3.8, 4) is 5.75 Å². The Balaban J connectivity index is 1.94. The number of aryl methyl sites for hydroxylation is 1. The molecule has 0 bridgehead atoms. The van der Waals surface area contributed by atoms with Gasteiger partial charge in [0.2, 0.25) is 5.91 Å². The molecule has 0 fully saturated rings. The zero-order valence-electron chi connectivity index (χ0n) is 13.5. The van der Waals surface area contributed by atoms with Crippen molar-refractivity contribution >= 4 is 11.6 Å². The fourth-order valence-corrected chi connectivity index (χ4v) is 2.25. The molecule has 0 aliphatic carbocycles. The SMILES string of the molecule is COc1ccc(C)cc1NC(=O)CNC(C)c1cccc(F)c1. The van der Waals surface area contributed by atoms with Crippen LogP contribution in [-0.4, -0.2) is 19.6 Å².